The van der Waals surface area contributed by atoms with Crippen LogP contribution in [0.4, 0.5) is 0 Å². The second-order valence-electron chi connectivity index (χ2n) is 11.8. The van der Waals surface area contributed by atoms with Gasteiger partial charge in [-0.25, -0.2) is 0 Å². The number of ether oxygens (including phenoxy) is 1. The van der Waals surface area contributed by atoms with Crippen LogP contribution in [0.3, 0.4) is 0 Å². The zero-order valence-corrected chi connectivity index (χ0v) is 24.2. The summed E-state index contributed by atoms with van der Waals surface area (Å²) in [6, 6.07) is 22.5. The maximum Gasteiger partial charge on any atom is 0.305 e. The van der Waals surface area contributed by atoms with Crippen LogP contribution in [-0.2, 0) is 10.2 Å². The lowest BCUT2D eigenvalue weighted by molar-refractivity contribution is -0.136. The van der Waals surface area contributed by atoms with E-state index < -0.39 is 5.97 Å². The van der Waals surface area contributed by atoms with Crippen molar-refractivity contribution in [2.45, 2.75) is 78.7 Å². The second kappa shape index (κ2) is 13.5. The van der Waals surface area contributed by atoms with Gasteiger partial charge in [0.05, 0.1) is 6.42 Å². The third-order valence-electron chi connectivity index (χ3n) is 6.95. The molecule has 39 heavy (non-hydrogen) atoms. The fourth-order valence-corrected chi connectivity index (χ4v) is 4.60. The highest BCUT2D eigenvalue weighted by Crippen LogP contribution is 2.33. The first kappa shape index (κ1) is 29.9. The minimum absolute atomic E-state index is 0.0976. The van der Waals surface area contributed by atoms with E-state index in [2.05, 4.69) is 89.3 Å². The van der Waals surface area contributed by atoms with Crippen molar-refractivity contribution < 1.29 is 19.4 Å². The van der Waals surface area contributed by atoms with E-state index in [0.29, 0.717) is 17.2 Å². The summed E-state index contributed by atoms with van der Waals surface area (Å²) in [5.41, 5.74) is 6.70. The van der Waals surface area contributed by atoms with Crippen LogP contribution >= 0.6 is 0 Å². The van der Waals surface area contributed by atoms with Crippen molar-refractivity contribution in [3.63, 3.8) is 0 Å². The monoisotopic (exact) mass is 529 g/mol. The Morgan fingerprint density at radius 1 is 0.923 bits per heavy atom. The number of carbonyl (C=O) groups excluding carboxylic acids is 1. The summed E-state index contributed by atoms with van der Waals surface area (Å²) >= 11 is 0. The van der Waals surface area contributed by atoms with Crippen LogP contribution in [0.5, 0.6) is 5.75 Å². The van der Waals surface area contributed by atoms with E-state index in [1.807, 2.05) is 0 Å². The highest BCUT2D eigenvalue weighted by Gasteiger charge is 2.17. The molecule has 3 aromatic rings. The Kier molecular flexibility index (Phi) is 10.3. The summed E-state index contributed by atoms with van der Waals surface area (Å²) in [7, 11) is 0. The average Bonchev–Trinajstić information content (AvgIpc) is 2.87. The summed E-state index contributed by atoms with van der Waals surface area (Å²) in [4.78, 5) is 23.0. The molecular weight excluding hydrogens is 486 g/mol. The molecule has 0 radical (unpaired) electrons. The fourth-order valence-electron chi connectivity index (χ4n) is 4.60. The molecule has 5 heteroatoms. The first-order valence-electron chi connectivity index (χ1n) is 13.9. The van der Waals surface area contributed by atoms with Gasteiger partial charge in [0.15, 0.2) is 0 Å². The number of rotatable bonds is 12. The molecule has 3 rings (SSSR count). The first-order valence-corrected chi connectivity index (χ1v) is 13.9. The van der Waals surface area contributed by atoms with Crippen molar-refractivity contribution in [2.24, 2.45) is 5.92 Å². The molecule has 0 saturated heterocycles. The number of hydrogen-bond donors (Lipinski definition) is 2. The topological polar surface area (TPSA) is 75.6 Å². The van der Waals surface area contributed by atoms with Gasteiger partial charge < -0.3 is 15.2 Å². The molecule has 0 fully saturated rings. The lowest BCUT2D eigenvalue weighted by Gasteiger charge is -2.22. The third kappa shape index (κ3) is 8.98. The number of carbonyl (C=O) groups is 2. The Morgan fingerprint density at radius 2 is 1.59 bits per heavy atom. The molecule has 0 aromatic heterocycles. The molecule has 0 aliphatic heterocycles. The Bertz CT molecular complexity index is 1240. The van der Waals surface area contributed by atoms with E-state index in [1.165, 1.54) is 22.3 Å². The van der Waals surface area contributed by atoms with Gasteiger partial charge in [-0.1, -0.05) is 83.5 Å². The molecule has 0 bridgehead atoms. The number of carboxylic acid groups (broad SMARTS) is 1. The SMILES string of the molecule is Cc1cc(C(CCCC(C)C)Oc2ccc(C(=O)NCCC(=O)O)cc2)ccc1-c1ccc(C(C)(C)C)cc1. The van der Waals surface area contributed by atoms with Gasteiger partial charge in [-0.05, 0) is 83.2 Å². The molecule has 1 atom stereocenters. The van der Waals surface area contributed by atoms with Crippen LogP contribution in [0.1, 0.15) is 93.5 Å². The molecular formula is C34H43NO4. The Balaban J connectivity index is 1.77. The van der Waals surface area contributed by atoms with Gasteiger partial charge in [0.1, 0.15) is 11.9 Å². The number of aliphatic carboxylic acids is 1. The van der Waals surface area contributed by atoms with Gasteiger partial charge in [-0.3, -0.25) is 9.59 Å². The Morgan fingerprint density at radius 3 is 2.15 bits per heavy atom. The molecule has 0 heterocycles. The number of hydrogen-bond acceptors (Lipinski definition) is 3. The van der Waals surface area contributed by atoms with E-state index in [-0.39, 0.29) is 30.4 Å². The van der Waals surface area contributed by atoms with E-state index in [9.17, 15) is 9.59 Å². The number of nitrogens with one attached hydrogen (secondary N) is 1. The summed E-state index contributed by atoms with van der Waals surface area (Å²) in [5, 5.41) is 11.4. The van der Waals surface area contributed by atoms with E-state index in [0.717, 1.165) is 24.8 Å². The normalized spacial score (nSPS) is 12.3. The van der Waals surface area contributed by atoms with Crippen LogP contribution in [0.2, 0.25) is 0 Å². The van der Waals surface area contributed by atoms with Gasteiger partial charge in [-0.15, -0.1) is 0 Å². The number of aryl methyl sites for hydroxylation is 1. The Hall–Kier alpha value is -3.60. The van der Waals surface area contributed by atoms with Crippen molar-refractivity contribution >= 4 is 11.9 Å². The lowest BCUT2D eigenvalue weighted by Crippen LogP contribution is -2.25. The van der Waals surface area contributed by atoms with Crippen molar-refractivity contribution in [3.05, 3.63) is 89.0 Å². The van der Waals surface area contributed by atoms with Gasteiger partial charge in [0, 0.05) is 12.1 Å². The van der Waals surface area contributed by atoms with Crippen molar-refractivity contribution in [1.82, 2.24) is 5.32 Å². The standard InChI is InChI=1S/C34H43NO4/c1-23(2)8-7-9-31(39-29-17-12-26(13-18-29)33(38)35-21-20-32(36)37)27-14-19-30(24(3)22-27)25-10-15-28(16-11-25)34(4,5)6/h10-19,22-23,31H,7-9,20-21H2,1-6H3,(H,35,38)(H,36,37). The summed E-state index contributed by atoms with van der Waals surface area (Å²) < 4.78 is 6.47. The third-order valence-corrected chi connectivity index (χ3v) is 6.95. The van der Waals surface area contributed by atoms with Crippen molar-refractivity contribution in [3.8, 4) is 16.9 Å². The first-order chi connectivity index (χ1) is 18.4. The van der Waals surface area contributed by atoms with Crippen molar-refractivity contribution in [2.75, 3.05) is 6.54 Å². The highest BCUT2D eigenvalue weighted by atomic mass is 16.5. The second-order valence-corrected chi connectivity index (χ2v) is 11.8. The molecule has 208 valence electrons. The van der Waals surface area contributed by atoms with Gasteiger partial charge in [0.2, 0.25) is 0 Å². The highest BCUT2D eigenvalue weighted by molar-refractivity contribution is 5.94. The molecule has 0 aliphatic carbocycles. The largest absolute Gasteiger partial charge is 0.486 e. The van der Waals surface area contributed by atoms with E-state index >= 15 is 0 Å². The number of amides is 1. The maximum atomic E-state index is 12.3. The zero-order valence-electron chi connectivity index (χ0n) is 24.2. The zero-order chi connectivity index (χ0) is 28.6. The minimum Gasteiger partial charge on any atom is -0.486 e. The smallest absolute Gasteiger partial charge is 0.305 e. The summed E-state index contributed by atoms with van der Waals surface area (Å²) in [6.45, 7) is 13.4. The van der Waals surface area contributed by atoms with E-state index in [1.54, 1.807) is 24.3 Å². The summed E-state index contributed by atoms with van der Waals surface area (Å²) in [5.74, 6) is 0.0955. The van der Waals surface area contributed by atoms with Gasteiger partial charge in [-0.2, -0.15) is 0 Å². The fraction of sp³-hybridized carbons (Fsp3) is 0.412. The van der Waals surface area contributed by atoms with Crippen LogP contribution in [-0.4, -0.2) is 23.5 Å². The maximum absolute atomic E-state index is 12.3. The number of benzene rings is 3. The molecule has 0 saturated carbocycles. The van der Waals surface area contributed by atoms with Crippen LogP contribution in [0.25, 0.3) is 11.1 Å². The van der Waals surface area contributed by atoms with Gasteiger partial charge in [0.25, 0.3) is 5.91 Å². The molecule has 1 unspecified atom stereocenters. The Labute approximate surface area is 233 Å². The molecule has 0 aliphatic rings. The average molecular weight is 530 g/mol. The summed E-state index contributed by atoms with van der Waals surface area (Å²) in [6.07, 6.45) is 2.88. The number of carboxylic acids is 1. The molecule has 0 spiro atoms. The lowest BCUT2D eigenvalue weighted by atomic mass is 9.86. The minimum atomic E-state index is -0.940. The molecule has 3 aromatic carbocycles. The quantitative estimate of drug-likeness (QED) is 0.248. The molecule has 5 nitrogen and oxygen atoms in total. The van der Waals surface area contributed by atoms with Crippen LogP contribution in [0.15, 0.2) is 66.7 Å². The predicted octanol–water partition coefficient (Wildman–Crippen LogP) is 8.11. The molecule has 2 N–H and O–H groups in total. The van der Waals surface area contributed by atoms with Crippen LogP contribution in [0, 0.1) is 12.8 Å². The van der Waals surface area contributed by atoms with Gasteiger partial charge >= 0.3 is 5.97 Å². The van der Waals surface area contributed by atoms with Crippen LogP contribution < -0.4 is 10.1 Å². The van der Waals surface area contributed by atoms with E-state index in [4.69, 9.17) is 9.84 Å². The predicted molar refractivity (Wildman–Crippen MR) is 158 cm³/mol. The molecule has 1 amide bonds. The van der Waals surface area contributed by atoms with Crippen molar-refractivity contribution in [1.29, 1.82) is 0 Å².